The summed E-state index contributed by atoms with van der Waals surface area (Å²) in [7, 11) is 2.38. The van der Waals surface area contributed by atoms with E-state index in [4.69, 9.17) is 4.74 Å². The normalized spacial score (nSPS) is 50.2. The van der Waals surface area contributed by atoms with Gasteiger partial charge in [0.2, 0.25) is 0 Å². The van der Waals surface area contributed by atoms with Crippen molar-refractivity contribution in [3.05, 3.63) is 12.2 Å². The first-order chi connectivity index (χ1) is 8.22. The minimum absolute atomic E-state index is 0.326. The molecule has 17 heavy (non-hydrogen) atoms. The third-order valence-electron chi connectivity index (χ3n) is 4.82. The van der Waals surface area contributed by atoms with Crippen LogP contribution in [0, 0.1) is 11.8 Å². The van der Waals surface area contributed by atoms with Crippen LogP contribution < -0.4 is 5.32 Å². The number of hydrogen-bond acceptors (Lipinski definition) is 2. The lowest BCUT2D eigenvalue weighted by molar-refractivity contribution is -0.0137. The summed E-state index contributed by atoms with van der Waals surface area (Å²) in [5.74, 6) is 2.36. The van der Waals surface area contributed by atoms with E-state index in [1.807, 2.05) is 0 Å². The van der Waals surface area contributed by atoms with Gasteiger partial charge < -0.3 is 4.74 Å². The lowest BCUT2D eigenvalue weighted by Crippen LogP contribution is -2.38. The summed E-state index contributed by atoms with van der Waals surface area (Å²) >= 11 is 0. The molecule has 3 aliphatic rings. The molecular weight excluding hydrogens is 209 g/mol. The van der Waals surface area contributed by atoms with E-state index in [0.29, 0.717) is 24.3 Å². The number of ether oxygens (including phenoxy) is 1. The van der Waals surface area contributed by atoms with E-state index in [9.17, 15) is 0 Å². The van der Waals surface area contributed by atoms with Gasteiger partial charge in [0.25, 0.3) is 0 Å². The predicted octanol–water partition coefficient (Wildman–Crippen LogP) is 1.88. The first-order valence-corrected chi connectivity index (χ1v) is 7.32. The Morgan fingerprint density at radius 2 is 1.94 bits per heavy atom. The molecule has 0 aromatic rings. The summed E-state index contributed by atoms with van der Waals surface area (Å²) in [6.45, 7) is 2.28. The van der Waals surface area contributed by atoms with E-state index in [1.165, 1.54) is 32.1 Å². The molecule has 1 N–H and O–H groups in total. The fourth-order valence-corrected chi connectivity index (χ4v) is 3.58. The molecule has 0 radical (unpaired) electrons. The Balaban J connectivity index is 1.59. The van der Waals surface area contributed by atoms with Gasteiger partial charge in [-0.05, 0) is 31.1 Å². The molecule has 1 aliphatic heterocycles. The minimum atomic E-state index is 0.326. The van der Waals surface area contributed by atoms with Gasteiger partial charge in [0.05, 0.1) is 12.1 Å². The van der Waals surface area contributed by atoms with Gasteiger partial charge in [-0.3, -0.25) is 5.32 Å². The molecule has 94 valence electrons. The van der Waals surface area contributed by atoms with Crippen LogP contribution in [0.2, 0.25) is 5.82 Å². The summed E-state index contributed by atoms with van der Waals surface area (Å²) in [4.78, 5) is 0. The maximum Gasteiger partial charge on any atom is 0.111 e. The molecular formula is C14H24BNO. The highest BCUT2D eigenvalue weighted by atomic mass is 16.5. The van der Waals surface area contributed by atoms with Crippen molar-refractivity contribution in [2.24, 2.45) is 11.8 Å². The Labute approximate surface area is 106 Å². The van der Waals surface area contributed by atoms with Crippen LogP contribution in [-0.2, 0) is 4.74 Å². The third-order valence-corrected chi connectivity index (χ3v) is 4.82. The SMILES string of the molecule is BC1CCC(C2NC3C=CC(C)CC3O2)CC1. The highest BCUT2D eigenvalue weighted by Crippen LogP contribution is 2.36. The topological polar surface area (TPSA) is 21.3 Å². The molecule has 0 amide bonds. The van der Waals surface area contributed by atoms with E-state index < -0.39 is 0 Å². The van der Waals surface area contributed by atoms with Crippen molar-refractivity contribution in [1.82, 2.24) is 5.32 Å². The Kier molecular flexibility index (Phi) is 3.31. The molecule has 2 nitrogen and oxygen atoms in total. The Morgan fingerprint density at radius 3 is 2.71 bits per heavy atom. The van der Waals surface area contributed by atoms with Gasteiger partial charge in [0, 0.05) is 0 Å². The minimum Gasteiger partial charge on any atom is -0.358 e. The maximum absolute atomic E-state index is 6.25. The van der Waals surface area contributed by atoms with E-state index >= 15 is 0 Å². The second kappa shape index (κ2) is 4.77. The quantitative estimate of drug-likeness (QED) is 0.551. The Hall–Kier alpha value is -0.275. The Bertz CT molecular complexity index is 299. The molecule has 0 spiro atoms. The Morgan fingerprint density at radius 1 is 1.18 bits per heavy atom. The first kappa shape index (κ1) is 11.8. The fraction of sp³-hybridized carbons (Fsp3) is 0.857. The van der Waals surface area contributed by atoms with Crippen molar-refractivity contribution in [3.63, 3.8) is 0 Å². The number of hydrogen-bond donors (Lipinski definition) is 1. The van der Waals surface area contributed by atoms with Gasteiger partial charge in [0.15, 0.2) is 0 Å². The molecule has 1 saturated heterocycles. The number of allylic oxidation sites excluding steroid dienone is 1. The van der Waals surface area contributed by atoms with Crippen molar-refractivity contribution in [2.45, 2.75) is 63.2 Å². The first-order valence-electron chi connectivity index (χ1n) is 7.32. The van der Waals surface area contributed by atoms with Crippen LogP contribution in [0.25, 0.3) is 0 Å². The predicted molar refractivity (Wildman–Crippen MR) is 72.8 cm³/mol. The molecule has 1 saturated carbocycles. The zero-order valence-corrected chi connectivity index (χ0v) is 11.1. The summed E-state index contributed by atoms with van der Waals surface area (Å²) in [6, 6.07) is 0.482. The molecule has 0 bridgehead atoms. The monoisotopic (exact) mass is 233 g/mol. The number of rotatable bonds is 1. The third kappa shape index (κ3) is 2.46. The highest BCUT2D eigenvalue weighted by Gasteiger charge is 2.39. The lowest BCUT2D eigenvalue weighted by atomic mass is 9.71. The smallest absolute Gasteiger partial charge is 0.111 e. The van der Waals surface area contributed by atoms with Crippen molar-refractivity contribution < 1.29 is 4.74 Å². The van der Waals surface area contributed by atoms with Crippen molar-refractivity contribution in [1.29, 1.82) is 0 Å². The number of fused-ring (bicyclic) bond motifs is 1. The zero-order valence-electron chi connectivity index (χ0n) is 11.1. The molecule has 4 unspecified atom stereocenters. The van der Waals surface area contributed by atoms with Gasteiger partial charge in [0.1, 0.15) is 14.1 Å². The van der Waals surface area contributed by atoms with E-state index in [2.05, 4.69) is 32.2 Å². The van der Waals surface area contributed by atoms with Crippen LogP contribution in [0.15, 0.2) is 12.2 Å². The second-order valence-electron chi connectivity index (χ2n) is 6.41. The molecule has 3 rings (SSSR count). The average molecular weight is 233 g/mol. The van der Waals surface area contributed by atoms with Gasteiger partial charge >= 0.3 is 0 Å². The lowest BCUT2D eigenvalue weighted by Gasteiger charge is -2.30. The summed E-state index contributed by atoms with van der Waals surface area (Å²) in [5, 5.41) is 3.69. The van der Waals surface area contributed by atoms with Crippen molar-refractivity contribution in [3.8, 4) is 0 Å². The second-order valence-corrected chi connectivity index (χ2v) is 6.41. The largest absolute Gasteiger partial charge is 0.358 e. The van der Waals surface area contributed by atoms with Crippen LogP contribution >= 0.6 is 0 Å². The molecule has 4 atom stereocenters. The van der Waals surface area contributed by atoms with Gasteiger partial charge in [-0.15, -0.1) is 0 Å². The van der Waals surface area contributed by atoms with Crippen LogP contribution in [0.4, 0.5) is 0 Å². The van der Waals surface area contributed by atoms with Crippen molar-refractivity contribution in [2.75, 3.05) is 0 Å². The summed E-state index contributed by atoms with van der Waals surface area (Å²) in [5.41, 5.74) is 0. The van der Waals surface area contributed by atoms with E-state index in [0.717, 1.165) is 11.7 Å². The summed E-state index contributed by atoms with van der Waals surface area (Å²) in [6.07, 6.45) is 12.1. The molecule has 1 heterocycles. The molecule has 2 aliphatic carbocycles. The molecule has 0 aromatic heterocycles. The van der Waals surface area contributed by atoms with Gasteiger partial charge in [-0.25, -0.2) is 0 Å². The number of nitrogens with one attached hydrogen (secondary N) is 1. The standard InChI is InChI=1S/C14H24BNO/c1-9-2-7-12-13(8-9)17-14(16-12)10-3-5-11(15)6-4-10/h2,7,9-14,16H,3-6,8,15H2,1H3. The molecule has 0 aromatic carbocycles. The zero-order chi connectivity index (χ0) is 11.8. The molecule has 2 fully saturated rings. The van der Waals surface area contributed by atoms with Crippen molar-refractivity contribution >= 4 is 7.85 Å². The van der Waals surface area contributed by atoms with Crippen LogP contribution in [-0.4, -0.2) is 26.2 Å². The average Bonchev–Trinajstić information content (AvgIpc) is 2.72. The van der Waals surface area contributed by atoms with Gasteiger partial charge in [-0.1, -0.05) is 37.7 Å². The highest BCUT2D eigenvalue weighted by molar-refractivity contribution is 6.11. The maximum atomic E-state index is 6.25. The van der Waals surface area contributed by atoms with Gasteiger partial charge in [-0.2, -0.15) is 0 Å². The van der Waals surface area contributed by atoms with Crippen LogP contribution in [0.5, 0.6) is 0 Å². The van der Waals surface area contributed by atoms with Crippen LogP contribution in [0.1, 0.15) is 39.0 Å². The van der Waals surface area contributed by atoms with E-state index in [1.54, 1.807) is 0 Å². The fourth-order valence-electron chi connectivity index (χ4n) is 3.58. The molecule has 3 heteroatoms. The summed E-state index contributed by atoms with van der Waals surface area (Å²) < 4.78 is 6.25. The van der Waals surface area contributed by atoms with Crippen LogP contribution in [0.3, 0.4) is 0 Å². The van der Waals surface area contributed by atoms with E-state index in [-0.39, 0.29) is 0 Å².